The molecule has 0 aliphatic rings. The molecular weight excluding hydrogens is 506 g/mol. The molecule has 0 spiro atoms. The van der Waals surface area contributed by atoms with Crippen molar-refractivity contribution >= 4 is 28.8 Å². The highest BCUT2D eigenvalue weighted by Gasteiger charge is 2.25. The van der Waals surface area contributed by atoms with Gasteiger partial charge in [0.2, 0.25) is 5.91 Å². The molecule has 3 rings (SSSR count). The van der Waals surface area contributed by atoms with Gasteiger partial charge in [-0.3, -0.25) is 9.89 Å². The predicted octanol–water partition coefficient (Wildman–Crippen LogP) is 9.88. The highest BCUT2D eigenvalue weighted by atomic mass is 35.5. The number of fused-ring (bicyclic) bond motifs is 1. The lowest BCUT2D eigenvalue weighted by molar-refractivity contribution is -0.116. The Balaban J connectivity index is 1.33. The summed E-state index contributed by atoms with van der Waals surface area (Å²) in [6.07, 6.45) is 20.3. The summed E-state index contributed by atoms with van der Waals surface area (Å²) in [5.74, 6) is 0.571. The number of para-hydroxylation sites is 1. The predicted molar refractivity (Wildman–Crippen MR) is 165 cm³/mol. The third-order valence-corrected chi connectivity index (χ3v) is 7.80. The van der Waals surface area contributed by atoms with Crippen LogP contribution in [-0.4, -0.2) is 25.7 Å². The van der Waals surface area contributed by atoms with Crippen molar-refractivity contribution in [2.45, 2.75) is 136 Å². The van der Waals surface area contributed by atoms with Gasteiger partial charge in [-0.1, -0.05) is 141 Å². The Labute approximate surface area is 240 Å². The van der Waals surface area contributed by atoms with Gasteiger partial charge in [0.15, 0.2) is 11.5 Å². The second kappa shape index (κ2) is 16.1. The zero-order chi connectivity index (χ0) is 28.1. The number of carbonyl (C=O) groups is 1. The first-order chi connectivity index (χ1) is 18.8. The van der Waals surface area contributed by atoms with E-state index in [4.69, 9.17) is 11.6 Å². The van der Waals surface area contributed by atoms with Gasteiger partial charge in [0.25, 0.3) is 0 Å². The lowest BCUT2D eigenvalue weighted by atomic mass is 9.92. The number of aromatic amines is 1. The van der Waals surface area contributed by atoms with Gasteiger partial charge >= 0.3 is 0 Å². The maximum atomic E-state index is 12.7. The molecule has 2 aromatic heterocycles. The molecule has 0 radical (unpaired) electrons. The third kappa shape index (κ3) is 9.97. The van der Waals surface area contributed by atoms with Crippen molar-refractivity contribution in [2.24, 2.45) is 0 Å². The van der Waals surface area contributed by atoms with Crippen molar-refractivity contribution in [2.75, 3.05) is 5.32 Å². The second-order valence-corrected chi connectivity index (χ2v) is 12.4. The fourth-order valence-electron chi connectivity index (χ4n) is 5.07. The lowest BCUT2D eigenvalue weighted by Crippen LogP contribution is -2.13. The van der Waals surface area contributed by atoms with Crippen LogP contribution in [0.4, 0.5) is 5.69 Å². The Morgan fingerprint density at radius 2 is 1.41 bits per heavy atom. The van der Waals surface area contributed by atoms with Crippen molar-refractivity contribution in [1.29, 1.82) is 0 Å². The van der Waals surface area contributed by atoms with E-state index in [-0.39, 0.29) is 11.3 Å². The topological polar surface area (TPSA) is 75.1 Å². The highest BCUT2D eigenvalue weighted by Crippen LogP contribution is 2.33. The molecule has 1 aromatic carbocycles. The summed E-state index contributed by atoms with van der Waals surface area (Å²) in [5, 5.41) is 11.5. The highest BCUT2D eigenvalue weighted by molar-refractivity contribution is 6.34. The summed E-state index contributed by atoms with van der Waals surface area (Å²) in [5.41, 5.74) is 2.86. The Hall–Kier alpha value is -2.34. The second-order valence-electron chi connectivity index (χ2n) is 12.0. The molecule has 0 saturated heterocycles. The van der Waals surface area contributed by atoms with Crippen LogP contribution in [0, 0.1) is 0 Å². The minimum atomic E-state index is -0.140. The Kier molecular flexibility index (Phi) is 12.8. The molecule has 216 valence electrons. The fourth-order valence-corrected chi connectivity index (χ4v) is 5.51. The maximum Gasteiger partial charge on any atom is 0.224 e. The van der Waals surface area contributed by atoms with Crippen LogP contribution in [0.25, 0.3) is 17.0 Å². The number of H-pyrrole nitrogens is 1. The molecule has 0 aliphatic heterocycles. The SMILES string of the molecule is CCCCCCCCCCCCCCCCCC(=O)Nc1ccccc1-c1nc2c(Cl)c(C(C)(C)C)[nH]n2n1. The van der Waals surface area contributed by atoms with E-state index in [1.165, 1.54) is 83.5 Å². The number of hydrogen-bond acceptors (Lipinski definition) is 3. The molecule has 2 N–H and O–H groups in total. The first-order valence-electron chi connectivity index (χ1n) is 15.3. The van der Waals surface area contributed by atoms with E-state index in [9.17, 15) is 4.79 Å². The van der Waals surface area contributed by atoms with Crippen LogP contribution >= 0.6 is 11.6 Å². The molecule has 0 saturated carbocycles. The summed E-state index contributed by atoms with van der Waals surface area (Å²) in [4.78, 5) is 17.3. The fraction of sp³-hybridized carbons (Fsp3) is 0.656. The molecule has 2 heterocycles. The molecule has 6 nitrogen and oxygen atoms in total. The van der Waals surface area contributed by atoms with Gasteiger partial charge in [-0.25, -0.2) is 4.98 Å². The Morgan fingerprint density at radius 3 is 1.95 bits per heavy atom. The van der Waals surface area contributed by atoms with Gasteiger partial charge in [0.1, 0.15) is 5.02 Å². The van der Waals surface area contributed by atoms with Crippen LogP contribution in [-0.2, 0) is 10.2 Å². The number of carbonyl (C=O) groups excluding carboxylic acids is 1. The molecule has 0 unspecified atom stereocenters. The van der Waals surface area contributed by atoms with Crippen molar-refractivity contribution in [3.05, 3.63) is 35.0 Å². The average Bonchev–Trinajstić information content (AvgIpc) is 3.46. The summed E-state index contributed by atoms with van der Waals surface area (Å²) >= 11 is 6.60. The van der Waals surface area contributed by atoms with E-state index in [0.29, 0.717) is 22.9 Å². The van der Waals surface area contributed by atoms with E-state index in [0.717, 1.165) is 29.8 Å². The zero-order valence-corrected chi connectivity index (χ0v) is 25.5. The molecule has 7 heteroatoms. The van der Waals surface area contributed by atoms with E-state index in [2.05, 4.69) is 48.2 Å². The summed E-state index contributed by atoms with van der Waals surface area (Å²) in [6.45, 7) is 8.55. The quantitative estimate of drug-likeness (QED) is 0.153. The van der Waals surface area contributed by atoms with Crippen LogP contribution in [0.15, 0.2) is 24.3 Å². The van der Waals surface area contributed by atoms with Gasteiger partial charge in [-0.2, -0.15) is 4.63 Å². The minimum absolute atomic E-state index is 0.0370. The average molecular weight is 556 g/mol. The maximum absolute atomic E-state index is 12.7. The number of unbranched alkanes of at least 4 members (excludes halogenated alkanes) is 14. The number of amides is 1. The summed E-state index contributed by atoms with van der Waals surface area (Å²) in [7, 11) is 0. The number of rotatable bonds is 18. The van der Waals surface area contributed by atoms with Gasteiger partial charge in [-0.05, 0) is 18.6 Å². The van der Waals surface area contributed by atoms with Crippen molar-refractivity contribution < 1.29 is 4.79 Å². The number of anilines is 1. The van der Waals surface area contributed by atoms with Gasteiger partial charge in [0.05, 0.1) is 11.4 Å². The third-order valence-electron chi connectivity index (χ3n) is 7.44. The molecule has 39 heavy (non-hydrogen) atoms. The van der Waals surface area contributed by atoms with Crippen LogP contribution in [0.5, 0.6) is 0 Å². The number of aromatic nitrogens is 4. The summed E-state index contributed by atoms with van der Waals surface area (Å²) in [6, 6.07) is 7.67. The molecule has 0 fully saturated rings. The van der Waals surface area contributed by atoms with Crippen LogP contribution < -0.4 is 5.32 Å². The molecule has 0 atom stereocenters. The van der Waals surface area contributed by atoms with E-state index >= 15 is 0 Å². The zero-order valence-electron chi connectivity index (χ0n) is 24.8. The van der Waals surface area contributed by atoms with E-state index in [1.807, 2.05) is 24.3 Å². The number of benzene rings is 1. The molecular formula is C32H50ClN5O. The number of nitrogens with zero attached hydrogens (tertiary/aromatic N) is 3. The van der Waals surface area contributed by atoms with E-state index < -0.39 is 0 Å². The van der Waals surface area contributed by atoms with Crippen LogP contribution in [0.1, 0.15) is 136 Å². The molecule has 0 bridgehead atoms. The molecule has 3 aromatic rings. The summed E-state index contributed by atoms with van der Waals surface area (Å²) < 4.78 is 1.62. The number of hydrogen-bond donors (Lipinski definition) is 2. The largest absolute Gasteiger partial charge is 0.325 e. The van der Waals surface area contributed by atoms with Crippen LogP contribution in [0.3, 0.4) is 0 Å². The minimum Gasteiger partial charge on any atom is -0.325 e. The van der Waals surface area contributed by atoms with Crippen molar-refractivity contribution in [3.63, 3.8) is 0 Å². The first-order valence-corrected chi connectivity index (χ1v) is 15.7. The standard InChI is InChI=1S/C32H50ClN5O/c1-5-6-7-8-9-10-11-12-13-14-15-16-17-18-19-24-27(39)34-26-23-21-20-22-25(26)30-35-31-28(33)29(32(2,3)4)36-38(31)37-30/h20-23,36H,5-19,24H2,1-4H3,(H,34,39). The molecule has 1 amide bonds. The molecule has 0 aliphatic carbocycles. The lowest BCUT2D eigenvalue weighted by Gasteiger charge is -2.16. The van der Waals surface area contributed by atoms with Crippen molar-refractivity contribution in [3.8, 4) is 11.4 Å². The number of halogens is 1. The van der Waals surface area contributed by atoms with E-state index in [1.54, 1.807) is 4.63 Å². The monoisotopic (exact) mass is 555 g/mol. The smallest absolute Gasteiger partial charge is 0.224 e. The Morgan fingerprint density at radius 1 is 0.872 bits per heavy atom. The van der Waals surface area contributed by atoms with Gasteiger partial charge in [-0.15, -0.1) is 5.10 Å². The van der Waals surface area contributed by atoms with Gasteiger partial charge in [0, 0.05) is 17.4 Å². The normalized spacial score (nSPS) is 11.9. The van der Waals surface area contributed by atoms with Crippen molar-refractivity contribution in [1.82, 2.24) is 19.8 Å². The first kappa shape index (κ1) is 31.2. The van der Waals surface area contributed by atoms with Crippen LogP contribution in [0.2, 0.25) is 5.02 Å². The Bertz CT molecular complexity index is 1140. The van der Waals surface area contributed by atoms with Gasteiger partial charge < -0.3 is 5.32 Å². The number of nitrogens with one attached hydrogen (secondary N) is 2.